The lowest BCUT2D eigenvalue weighted by Gasteiger charge is -2.61. The van der Waals surface area contributed by atoms with Crippen LogP contribution in [0.1, 0.15) is 27.7 Å². The van der Waals surface area contributed by atoms with E-state index in [9.17, 15) is 4.79 Å². The number of urea groups is 1. The van der Waals surface area contributed by atoms with Crippen molar-refractivity contribution in [2.75, 3.05) is 46.4 Å². The molecule has 164 valence electrons. The normalized spacial score (nSPS) is 24.4. The zero-order chi connectivity index (χ0) is 21.7. The standard InChI is InChI=1S/C24H36N4O2/c1-6-9-21(12-19(3)14-30-7-2)26(5)23(29)28-17-24(18-28)15-27(16-24)22-10-8-11-25-20(4)13-22/h6,8-13,19,22H,7,14-18H2,1-5H3/b9-6-,21-12?. The van der Waals surface area contributed by atoms with E-state index in [-0.39, 0.29) is 17.4 Å². The quantitative estimate of drug-likeness (QED) is 0.599. The average molecular weight is 413 g/mol. The highest BCUT2D eigenvalue weighted by atomic mass is 16.5. The molecule has 1 spiro atoms. The molecule has 0 aromatic carbocycles. The second-order valence-electron chi connectivity index (χ2n) is 8.79. The maximum atomic E-state index is 13.0. The number of likely N-dealkylation sites (tertiary alicyclic amines) is 2. The van der Waals surface area contributed by atoms with Gasteiger partial charge in [-0.05, 0) is 44.9 Å². The number of aliphatic imine (C=N–C) groups is 1. The molecule has 0 saturated carbocycles. The summed E-state index contributed by atoms with van der Waals surface area (Å²) in [6.45, 7) is 13.2. The van der Waals surface area contributed by atoms with E-state index in [1.165, 1.54) is 0 Å². The van der Waals surface area contributed by atoms with Crippen molar-refractivity contribution in [2.24, 2.45) is 16.3 Å². The van der Waals surface area contributed by atoms with Gasteiger partial charge in [0, 0.05) is 68.9 Å². The summed E-state index contributed by atoms with van der Waals surface area (Å²) in [5.74, 6) is 0.252. The average Bonchev–Trinajstić information content (AvgIpc) is 2.87. The fraction of sp³-hybridized carbons (Fsp3) is 0.583. The molecule has 2 saturated heterocycles. The number of likely N-dealkylation sites (N-methyl/N-ethyl adjacent to an activating group) is 1. The molecule has 0 aromatic rings. The van der Waals surface area contributed by atoms with Gasteiger partial charge >= 0.3 is 6.03 Å². The van der Waals surface area contributed by atoms with Crippen LogP contribution < -0.4 is 0 Å². The van der Waals surface area contributed by atoms with Gasteiger partial charge in [0.2, 0.25) is 0 Å². The lowest BCUT2D eigenvalue weighted by atomic mass is 9.72. The van der Waals surface area contributed by atoms with Crippen molar-refractivity contribution in [3.8, 4) is 0 Å². The Balaban J connectivity index is 1.53. The van der Waals surface area contributed by atoms with Gasteiger partial charge < -0.3 is 9.64 Å². The van der Waals surface area contributed by atoms with E-state index in [1.54, 1.807) is 4.90 Å². The van der Waals surface area contributed by atoms with E-state index < -0.39 is 0 Å². The largest absolute Gasteiger partial charge is 0.381 e. The van der Waals surface area contributed by atoms with Crippen molar-refractivity contribution in [1.82, 2.24) is 14.7 Å². The third kappa shape index (κ3) is 5.10. The lowest BCUT2D eigenvalue weighted by molar-refractivity contribution is -0.102. The summed E-state index contributed by atoms with van der Waals surface area (Å²) in [7, 11) is 1.86. The topological polar surface area (TPSA) is 48.4 Å². The van der Waals surface area contributed by atoms with E-state index in [4.69, 9.17) is 4.74 Å². The first kappa shape index (κ1) is 22.5. The van der Waals surface area contributed by atoms with Crippen molar-refractivity contribution in [3.05, 3.63) is 47.9 Å². The van der Waals surface area contributed by atoms with Crippen LogP contribution in [0.4, 0.5) is 4.79 Å². The molecule has 3 aliphatic heterocycles. The van der Waals surface area contributed by atoms with Gasteiger partial charge in [-0.15, -0.1) is 0 Å². The van der Waals surface area contributed by atoms with Crippen LogP contribution in [-0.4, -0.2) is 79.4 Å². The summed E-state index contributed by atoms with van der Waals surface area (Å²) in [5, 5.41) is 0. The summed E-state index contributed by atoms with van der Waals surface area (Å²) >= 11 is 0. The number of hydrogen-bond donors (Lipinski definition) is 0. The van der Waals surface area contributed by atoms with Gasteiger partial charge in [0.05, 0.1) is 6.61 Å². The summed E-state index contributed by atoms with van der Waals surface area (Å²) in [4.78, 5) is 23.6. The van der Waals surface area contributed by atoms with Crippen molar-refractivity contribution in [2.45, 2.75) is 33.7 Å². The van der Waals surface area contributed by atoms with Gasteiger partial charge in [-0.25, -0.2) is 4.79 Å². The molecule has 3 heterocycles. The third-order valence-electron chi connectivity index (χ3n) is 5.96. The first-order valence-corrected chi connectivity index (χ1v) is 11.0. The van der Waals surface area contributed by atoms with Crippen LogP contribution in [0.3, 0.4) is 0 Å². The van der Waals surface area contributed by atoms with Crippen LogP contribution in [0.2, 0.25) is 0 Å². The first-order chi connectivity index (χ1) is 14.4. The first-order valence-electron chi connectivity index (χ1n) is 11.0. The van der Waals surface area contributed by atoms with Gasteiger partial charge in [0.15, 0.2) is 0 Å². The molecule has 0 aliphatic carbocycles. The number of hydrogen-bond acceptors (Lipinski definition) is 4. The van der Waals surface area contributed by atoms with Gasteiger partial charge in [0.25, 0.3) is 0 Å². The molecule has 6 nitrogen and oxygen atoms in total. The Morgan fingerprint density at radius 2 is 2.13 bits per heavy atom. The number of allylic oxidation sites excluding steroid dienone is 4. The minimum Gasteiger partial charge on any atom is -0.381 e. The Kier molecular flexibility index (Phi) is 7.32. The van der Waals surface area contributed by atoms with E-state index >= 15 is 0 Å². The Labute approximate surface area is 181 Å². The highest BCUT2D eigenvalue weighted by Crippen LogP contribution is 2.41. The van der Waals surface area contributed by atoms with Crippen LogP contribution in [-0.2, 0) is 4.74 Å². The molecule has 3 rings (SSSR count). The number of amides is 2. The molecule has 3 aliphatic rings. The number of ether oxygens (including phenoxy) is 1. The van der Waals surface area contributed by atoms with E-state index in [2.05, 4.69) is 35.0 Å². The molecule has 6 heteroatoms. The number of rotatable bonds is 7. The minimum atomic E-state index is 0.0746. The van der Waals surface area contributed by atoms with E-state index in [0.29, 0.717) is 19.3 Å². The van der Waals surface area contributed by atoms with Gasteiger partial charge in [-0.3, -0.25) is 14.8 Å². The van der Waals surface area contributed by atoms with Crippen LogP contribution in [0.15, 0.2) is 52.8 Å². The molecule has 0 aromatic heterocycles. The van der Waals surface area contributed by atoms with E-state index in [1.807, 2.05) is 57.2 Å². The summed E-state index contributed by atoms with van der Waals surface area (Å²) in [6.07, 6.45) is 14.4. The highest BCUT2D eigenvalue weighted by molar-refractivity contribution is 5.78. The van der Waals surface area contributed by atoms with Crippen LogP contribution >= 0.6 is 0 Å². The predicted molar refractivity (Wildman–Crippen MR) is 122 cm³/mol. The van der Waals surface area contributed by atoms with Crippen LogP contribution in [0.25, 0.3) is 0 Å². The summed E-state index contributed by atoms with van der Waals surface area (Å²) in [5.41, 5.74) is 2.24. The smallest absolute Gasteiger partial charge is 0.324 e. The zero-order valence-electron chi connectivity index (χ0n) is 19.0. The number of carbonyl (C=O) groups is 1. The molecule has 0 radical (unpaired) electrons. The monoisotopic (exact) mass is 412 g/mol. The molecule has 2 unspecified atom stereocenters. The molecule has 2 amide bonds. The molecular formula is C24H36N4O2. The Bertz CT molecular complexity index is 766. The van der Waals surface area contributed by atoms with Gasteiger partial charge in [-0.1, -0.05) is 25.2 Å². The zero-order valence-corrected chi connectivity index (χ0v) is 19.0. The van der Waals surface area contributed by atoms with Crippen molar-refractivity contribution in [1.29, 1.82) is 0 Å². The summed E-state index contributed by atoms with van der Waals surface area (Å²) in [6, 6.07) is 0.382. The third-order valence-corrected chi connectivity index (χ3v) is 5.96. The minimum absolute atomic E-state index is 0.0746. The van der Waals surface area contributed by atoms with Crippen molar-refractivity contribution in [3.63, 3.8) is 0 Å². The van der Waals surface area contributed by atoms with Gasteiger partial charge in [0.1, 0.15) is 0 Å². The van der Waals surface area contributed by atoms with Gasteiger partial charge in [-0.2, -0.15) is 0 Å². The Morgan fingerprint density at radius 3 is 2.80 bits per heavy atom. The molecule has 0 bridgehead atoms. The summed E-state index contributed by atoms with van der Waals surface area (Å²) < 4.78 is 5.51. The lowest BCUT2D eigenvalue weighted by Crippen LogP contribution is -2.74. The second-order valence-corrected chi connectivity index (χ2v) is 8.79. The molecular weight excluding hydrogens is 376 g/mol. The van der Waals surface area contributed by atoms with Crippen molar-refractivity contribution >= 4 is 12.2 Å². The fourth-order valence-corrected chi connectivity index (χ4v) is 4.44. The predicted octanol–water partition coefficient (Wildman–Crippen LogP) is 3.70. The number of carbonyl (C=O) groups excluding carboxylic acids is 1. The number of nitrogens with zero attached hydrogens (tertiary/aromatic N) is 4. The second kappa shape index (κ2) is 9.75. The van der Waals surface area contributed by atoms with Crippen LogP contribution in [0.5, 0.6) is 0 Å². The highest BCUT2D eigenvalue weighted by Gasteiger charge is 2.54. The molecule has 30 heavy (non-hydrogen) atoms. The molecule has 0 N–H and O–H groups in total. The maximum Gasteiger partial charge on any atom is 0.324 e. The van der Waals surface area contributed by atoms with Crippen LogP contribution in [0, 0.1) is 11.3 Å². The van der Waals surface area contributed by atoms with Crippen molar-refractivity contribution < 1.29 is 9.53 Å². The Hall–Kier alpha value is -2.18. The fourth-order valence-electron chi connectivity index (χ4n) is 4.44. The van der Waals surface area contributed by atoms with E-state index in [0.717, 1.165) is 37.6 Å². The SMILES string of the molecule is C/C=C\C(=CC(C)COCC)N(C)C(=O)N1CC2(C1)CN(C1C=CC=NC(C)=C1)C2. The Morgan fingerprint density at radius 1 is 1.40 bits per heavy atom. The maximum absolute atomic E-state index is 13.0. The molecule has 2 atom stereocenters. The molecule has 2 fully saturated rings.